The number of nitrogens with one attached hydrogen (secondary N) is 2. The van der Waals surface area contributed by atoms with Crippen LogP contribution in [0.5, 0.6) is 0 Å². The van der Waals surface area contributed by atoms with Crippen LogP contribution in [0.3, 0.4) is 0 Å². The quantitative estimate of drug-likeness (QED) is 0.734. The average Bonchev–Trinajstić information content (AvgIpc) is 3.18. The number of benzene rings is 1. The highest BCUT2D eigenvalue weighted by molar-refractivity contribution is 5.78. The van der Waals surface area contributed by atoms with Gasteiger partial charge in [0.1, 0.15) is 11.6 Å². The molecule has 0 bridgehead atoms. The first-order chi connectivity index (χ1) is 13.2. The second-order valence-corrected chi connectivity index (χ2v) is 6.42. The molecular weight excluding hydrogens is 347 g/mol. The van der Waals surface area contributed by atoms with Crippen molar-refractivity contribution in [2.24, 2.45) is 0 Å². The minimum Gasteiger partial charge on any atom is -0.339 e. The van der Waals surface area contributed by atoms with Gasteiger partial charge in [0, 0.05) is 43.6 Å². The summed E-state index contributed by atoms with van der Waals surface area (Å²) in [7, 11) is 0. The van der Waals surface area contributed by atoms with Crippen molar-refractivity contribution < 1.29 is 9.18 Å². The van der Waals surface area contributed by atoms with Crippen molar-refractivity contribution in [2.75, 3.05) is 19.6 Å². The molecule has 4 rings (SSSR count). The molecule has 1 aliphatic rings. The molecule has 1 saturated heterocycles. The van der Waals surface area contributed by atoms with E-state index in [1.807, 2.05) is 12.1 Å². The van der Waals surface area contributed by atoms with Gasteiger partial charge in [0.2, 0.25) is 5.91 Å². The molecule has 0 saturated carbocycles. The first-order valence-corrected chi connectivity index (χ1v) is 8.77. The number of carbonyl (C=O) groups is 1. The second kappa shape index (κ2) is 7.63. The predicted molar refractivity (Wildman–Crippen MR) is 97.0 cm³/mol. The Morgan fingerprint density at radius 2 is 1.96 bits per heavy atom. The molecule has 2 aromatic heterocycles. The number of hydrogen-bond donors (Lipinski definition) is 2. The van der Waals surface area contributed by atoms with E-state index in [1.165, 1.54) is 12.1 Å². The third-order valence-corrected chi connectivity index (χ3v) is 4.59. The summed E-state index contributed by atoms with van der Waals surface area (Å²) in [6.45, 7) is 1.85. The lowest BCUT2D eigenvalue weighted by atomic mass is 10.0. The minimum absolute atomic E-state index is 0.00888. The Morgan fingerprint density at radius 1 is 1.19 bits per heavy atom. The summed E-state index contributed by atoms with van der Waals surface area (Å²) < 4.78 is 13.1. The average molecular weight is 366 g/mol. The molecule has 27 heavy (non-hydrogen) atoms. The molecular formula is C19H19FN6O. The van der Waals surface area contributed by atoms with Gasteiger partial charge in [-0.05, 0) is 29.8 Å². The van der Waals surface area contributed by atoms with E-state index in [0.717, 1.165) is 11.1 Å². The van der Waals surface area contributed by atoms with Crippen LogP contribution in [-0.2, 0) is 11.2 Å². The molecule has 3 aromatic rings. The number of halogens is 1. The fourth-order valence-corrected chi connectivity index (χ4v) is 3.15. The number of nitrogens with zero attached hydrogens (tertiary/aromatic N) is 4. The maximum absolute atomic E-state index is 13.1. The van der Waals surface area contributed by atoms with Crippen LogP contribution in [0.1, 0.15) is 17.4 Å². The van der Waals surface area contributed by atoms with Crippen LogP contribution in [-0.4, -0.2) is 50.6 Å². The van der Waals surface area contributed by atoms with E-state index >= 15 is 0 Å². The van der Waals surface area contributed by atoms with Crippen molar-refractivity contribution in [2.45, 2.75) is 12.5 Å². The molecule has 1 atom stereocenters. The normalized spacial score (nSPS) is 17.1. The summed E-state index contributed by atoms with van der Waals surface area (Å²) in [5, 5.41) is 10.4. The standard InChI is InChI=1S/C19H19FN6O/c20-15-3-1-13(2-4-15)16-12-26(10-9-22-16)18(27)11-17-23-19(25-24-17)14-5-7-21-8-6-14/h1-8,16,22H,9-12H2,(H,23,24,25). The summed E-state index contributed by atoms with van der Waals surface area (Å²) in [6.07, 6.45) is 3.51. The molecule has 138 valence electrons. The molecule has 8 heteroatoms. The maximum Gasteiger partial charge on any atom is 0.230 e. The molecule has 2 N–H and O–H groups in total. The van der Waals surface area contributed by atoms with Gasteiger partial charge in [-0.1, -0.05) is 12.1 Å². The molecule has 1 amide bonds. The van der Waals surface area contributed by atoms with E-state index in [4.69, 9.17) is 0 Å². The first kappa shape index (κ1) is 17.3. The van der Waals surface area contributed by atoms with E-state index < -0.39 is 0 Å². The van der Waals surface area contributed by atoms with Gasteiger partial charge >= 0.3 is 0 Å². The fourth-order valence-electron chi connectivity index (χ4n) is 3.15. The Bertz CT molecular complexity index is 911. The van der Waals surface area contributed by atoms with Gasteiger partial charge in [0.05, 0.1) is 6.42 Å². The highest BCUT2D eigenvalue weighted by Crippen LogP contribution is 2.19. The summed E-state index contributed by atoms with van der Waals surface area (Å²) in [6, 6.07) is 10.00. The lowest BCUT2D eigenvalue weighted by Crippen LogP contribution is -2.48. The monoisotopic (exact) mass is 366 g/mol. The number of amides is 1. The summed E-state index contributed by atoms with van der Waals surface area (Å²) in [4.78, 5) is 22.9. The molecule has 1 fully saturated rings. The third-order valence-electron chi connectivity index (χ3n) is 4.59. The van der Waals surface area contributed by atoms with Gasteiger partial charge in [0.15, 0.2) is 5.82 Å². The number of rotatable bonds is 4. The van der Waals surface area contributed by atoms with Crippen LogP contribution in [0.25, 0.3) is 11.4 Å². The summed E-state index contributed by atoms with van der Waals surface area (Å²) >= 11 is 0. The zero-order chi connectivity index (χ0) is 18.6. The summed E-state index contributed by atoms with van der Waals surface area (Å²) in [5.74, 6) is 0.798. The van der Waals surface area contributed by atoms with Crippen LogP contribution in [0.4, 0.5) is 4.39 Å². The Kier molecular flexibility index (Phi) is 4.88. The molecule has 0 spiro atoms. The zero-order valence-electron chi connectivity index (χ0n) is 14.6. The Morgan fingerprint density at radius 3 is 2.74 bits per heavy atom. The lowest BCUT2D eigenvalue weighted by molar-refractivity contribution is -0.131. The molecule has 7 nitrogen and oxygen atoms in total. The number of hydrogen-bond acceptors (Lipinski definition) is 5. The van der Waals surface area contributed by atoms with Crippen molar-refractivity contribution in [1.82, 2.24) is 30.4 Å². The highest BCUT2D eigenvalue weighted by Gasteiger charge is 2.25. The number of aromatic amines is 1. The zero-order valence-corrected chi connectivity index (χ0v) is 14.6. The topological polar surface area (TPSA) is 86.8 Å². The van der Waals surface area contributed by atoms with Gasteiger partial charge in [-0.2, -0.15) is 5.10 Å². The number of carbonyl (C=O) groups excluding carboxylic acids is 1. The summed E-state index contributed by atoms with van der Waals surface area (Å²) in [5.41, 5.74) is 1.81. The van der Waals surface area contributed by atoms with Crippen molar-refractivity contribution >= 4 is 5.91 Å². The SMILES string of the molecule is O=C(Cc1nc(-c2ccncc2)n[nH]1)N1CCNC(c2ccc(F)cc2)C1. The molecule has 1 aromatic carbocycles. The van der Waals surface area contributed by atoms with Crippen LogP contribution >= 0.6 is 0 Å². The molecule has 0 radical (unpaired) electrons. The molecule has 0 aliphatic carbocycles. The Balaban J connectivity index is 1.41. The number of H-pyrrole nitrogens is 1. The lowest BCUT2D eigenvalue weighted by Gasteiger charge is -2.34. The highest BCUT2D eigenvalue weighted by atomic mass is 19.1. The van der Waals surface area contributed by atoms with Crippen LogP contribution in [0, 0.1) is 5.82 Å². The van der Waals surface area contributed by atoms with E-state index in [9.17, 15) is 9.18 Å². The van der Waals surface area contributed by atoms with Gasteiger partial charge in [-0.25, -0.2) is 9.37 Å². The third kappa shape index (κ3) is 4.01. The van der Waals surface area contributed by atoms with E-state index in [-0.39, 0.29) is 24.2 Å². The Labute approximate surface area is 155 Å². The molecule has 3 heterocycles. The van der Waals surface area contributed by atoms with Gasteiger partial charge in [0.25, 0.3) is 0 Å². The van der Waals surface area contributed by atoms with E-state index in [1.54, 1.807) is 29.4 Å². The minimum atomic E-state index is -0.266. The van der Waals surface area contributed by atoms with Crippen molar-refractivity contribution in [1.29, 1.82) is 0 Å². The van der Waals surface area contributed by atoms with Crippen LogP contribution in [0.2, 0.25) is 0 Å². The molecule has 1 aliphatic heterocycles. The largest absolute Gasteiger partial charge is 0.339 e. The van der Waals surface area contributed by atoms with Gasteiger partial charge < -0.3 is 10.2 Å². The fraction of sp³-hybridized carbons (Fsp3) is 0.263. The van der Waals surface area contributed by atoms with Crippen molar-refractivity contribution in [3.05, 3.63) is 66.0 Å². The van der Waals surface area contributed by atoms with Crippen LogP contribution in [0.15, 0.2) is 48.8 Å². The number of aromatic nitrogens is 4. The van der Waals surface area contributed by atoms with E-state index in [2.05, 4.69) is 25.5 Å². The van der Waals surface area contributed by atoms with E-state index in [0.29, 0.717) is 31.3 Å². The first-order valence-electron chi connectivity index (χ1n) is 8.77. The number of pyridine rings is 1. The number of piperazine rings is 1. The smallest absolute Gasteiger partial charge is 0.230 e. The van der Waals surface area contributed by atoms with Crippen LogP contribution < -0.4 is 5.32 Å². The van der Waals surface area contributed by atoms with Gasteiger partial charge in [-0.3, -0.25) is 14.9 Å². The molecule has 1 unspecified atom stereocenters. The Hall–Kier alpha value is -3.13. The predicted octanol–water partition coefficient (Wildman–Crippen LogP) is 1.72. The van der Waals surface area contributed by atoms with Gasteiger partial charge in [-0.15, -0.1) is 0 Å². The van der Waals surface area contributed by atoms with Crippen molar-refractivity contribution in [3.63, 3.8) is 0 Å². The van der Waals surface area contributed by atoms with Crippen molar-refractivity contribution in [3.8, 4) is 11.4 Å². The second-order valence-electron chi connectivity index (χ2n) is 6.42. The maximum atomic E-state index is 13.1.